The van der Waals surface area contributed by atoms with Crippen molar-refractivity contribution < 1.29 is 22.4 Å². The van der Waals surface area contributed by atoms with Crippen LogP contribution in [0.3, 0.4) is 0 Å². The molecule has 0 bridgehead atoms. The Labute approximate surface area is 126 Å². The highest BCUT2D eigenvalue weighted by atomic mass is 79.9. The minimum absolute atomic E-state index is 0.204. The van der Waals surface area contributed by atoms with E-state index in [1.165, 1.54) is 6.07 Å². The van der Waals surface area contributed by atoms with E-state index in [4.69, 9.17) is 0 Å². The number of carbonyl (C=O) groups is 1. The zero-order valence-corrected chi connectivity index (χ0v) is 12.3. The van der Waals surface area contributed by atoms with Gasteiger partial charge in [-0.05, 0) is 42.8 Å². The Kier molecular flexibility index (Phi) is 4.18. The number of aryl methyl sites for hydroxylation is 1. The monoisotopic (exact) mass is 360 g/mol. The lowest BCUT2D eigenvalue weighted by molar-refractivity contribution is -0.140. The van der Waals surface area contributed by atoms with Crippen LogP contribution >= 0.6 is 15.9 Å². The standard InChI is InChI=1S/C15H9BrF4O/c1-8-2-4-10(16)7-11(8)14(21)9-3-5-13(17)12(6-9)15(18,19)20/h2-7H,1H3. The van der Waals surface area contributed by atoms with E-state index in [0.29, 0.717) is 22.2 Å². The lowest BCUT2D eigenvalue weighted by Gasteiger charge is -2.11. The second kappa shape index (κ2) is 5.60. The summed E-state index contributed by atoms with van der Waals surface area (Å²) in [6, 6.07) is 7.16. The van der Waals surface area contributed by atoms with E-state index in [0.717, 1.165) is 6.07 Å². The molecule has 0 aliphatic rings. The molecule has 21 heavy (non-hydrogen) atoms. The van der Waals surface area contributed by atoms with E-state index in [1.807, 2.05) is 0 Å². The average molecular weight is 361 g/mol. The van der Waals surface area contributed by atoms with Gasteiger partial charge in [-0.15, -0.1) is 0 Å². The zero-order valence-electron chi connectivity index (χ0n) is 10.8. The highest BCUT2D eigenvalue weighted by Crippen LogP contribution is 2.32. The van der Waals surface area contributed by atoms with Gasteiger partial charge < -0.3 is 0 Å². The third kappa shape index (κ3) is 3.32. The molecule has 0 radical (unpaired) electrons. The second-order valence-corrected chi connectivity index (χ2v) is 5.40. The lowest BCUT2D eigenvalue weighted by Crippen LogP contribution is -2.11. The first-order valence-corrected chi connectivity index (χ1v) is 6.67. The summed E-state index contributed by atoms with van der Waals surface area (Å²) in [7, 11) is 0. The van der Waals surface area contributed by atoms with Crippen LogP contribution in [0, 0.1) is 12.7 Å². The van der Waals surface area contributed by atoms with Crippen molar-refractivity contribution >= 4 is 21.7 Å². The first-order valence-electron chi connectivity index (χ1n) is 5.88. The molecule has 6 heteroatoms. The smallest absolute Gasteiger partial charge is 0.289 e. The van der Waals surface area contributed by atoms with Crippen molar-refractivity contribution in [2.45, 2.75) is 13.1 Å². The van der Waals surface area contributed by atoms with Crippen LogP contribution < -0.4 is 0 Å². The number of alkyl halides is 3. The van der Waals surface area contributed by atoms with Crippen molar-refractivity contribution in [3.05, 3.63) is 68.9 Å². The summed E-state index contributed by atoms with van der Waals surface area (Å²) in [5.74, 6) is -1.98. The van der Waals surface area contributed by atoms with Crippen molar-refractivity contribution in [3.8, 4) is 0 Å². The molecule has 0 aliphatic carbocycles. The van der Waals surface area contributed by atoms with Crippen LogP contribution in [0.5, 0.6) is 0 Å². The summed E-state index contributed by atoms with van der Waals surface area (Å²) in [6.45, 7) is 1.67. The van der Waals surface area contributed by atoms with Gasteiger partial charge >= 0.3 is 6.18 Å². The van der Waals surface area contributed by atoms with Gasteiger partial charge in [0.2, 0.25) is 0 Å². The normalized spacial score (nSPS) is 11.5. The second-order valence-electron chi connectivity index (χ2n) is 4.48. The van der Waals surface area contributed by atoms with Crippen LogP contribution in [0.4, 0.5) is 17.6 Å². The number of halogens is 5. The lowest BCUT2D eigenvalue weighted by atomic mass is 9.97. The fourth-order valence-electron chi connectivity index (χ4n) is 1.88. The van der Waals surface area contributed by atoms with Gasteiger partial charge in [0, 0.05) is 15.6 Å². The maximum atomic E-state index is 13.2. The Hall–Kier alpha value is -1.69. The molecule has 0 amide bonds. The van der Waals surface area contributed by atoms with E-state index in [1.54, 1.807) is 19.1 Å². The summed E-state index contributed by atoms with van der Waals surface area (Å²) in [6.07, 6.45) is -4.84. The first kappa shape index (κ1) is 15.7. The number of rotatable bonds is 2. The van der Waals surface area contributed by atoms with Crippen LogP contribution in [0.2, 0.25) is 0 Å². The Bertz CT molecular complexity index is 707. The van der Waals surface area contributed by atoms with Gasteiger partial charge in [0.25, 0.3) is 0 Å². The van der Waals surface area contributed by atoms with Crippen molar-refractivity contribution in [1.82, 2.24) is 0 Å². The van der Waals surface area contributed by atoms with E-state index in [-0.39, 0.29) is 11.1 Å². The van der Waals surface area contributed by atoms with Crippen molar-refractivity contribution in [2.75, 3.05) is 0 Å². The van der Waals surface area contributed by atoms with Gasteiger partial charge in [0.05, 0.1) is 5.56 Å². The molecule has 110 valence electrons. The van der Waals surface area contributed by atoms with Crippen molar-refractivity contribution in [1.29, 1.82) is 0 Å². The summed E-state index contributed by atoms with van der Waals surface area (Å²) in [5, 5.41) is 0. The van der Waals surface area contributed by atoms with Gasteiger partial charge in [-0.3, -0.25) is 4.79 Å². The molecule has 0 aliphatic heterocycles. The molecule has 1 nitrogen and oxygen atoms in total. The SMILES string of the molecule is Cc1ccc(Br)cc1C(=O)c1ccc(F)c(C(F)(F)F)c1. The largest absolute Gasteiger partial charge is 0.419 e. The van der Waals surface area contributed by atoms with Gasteiger partial charge in [0.1, 0.15) is 5.82 Å². The molecular weight excluding hydrogens is 352 g/mol. The Morgan fingerprint density at radius 2 is 1.76 bits per heavy atom. The van der Waals surface area contributed by atoms with Crippen LogP contribution in [0.25, 0.3) is 0 Å². The molecule has 2 rings (SSSR count). The highest BCUT2D eigenvalue weighted by Gasteiger charge is 2.34. The molecular formula is C15H9BrF4O. The van der Waals surface area contributed by atoms with Gasteiger partial charge in [-0.2, -0.15) is 13.2 Å². The molecule has 0 spiro atoms. The van der Waals surface area contributed by atoms with Gasteiger partial charge in [-0.25, -0.2) is 4.39 Å². The topological polar surface area (TPSA) is 17.1 Å². The maximum Gasteiger partial charge on any atom is 0.419 e. The van der Waals surface area contributed by atoms with Crippen LogP contribution in [0.15, 0.2) is 40.9 Å². The average Bonchev–Trinajstić information content (AvgIpc) is 2.40. The number of hydrogen-bond donors (Lipinski definition) is 0. The predicted molar refractivity (Wildman–Crippen MR) is 73.7 cm³/mol. The molecule has 0 atom stereocenters. The molecule has 0 unspecified atom stereocenters. The highest BCUT2D eigenvalue weighted by molar-refractivity contribution is 9.10. The molecule has 0 aromatic heterocycles. The Morgan fingerprint density at radius 3 is 2.38 bits per heavy atom. The van der Waals surface area contributed by atoms with E-state index in [2.05, 4.69) is 15.9 Å². The third-order valence-corrected chi connectivity index (χ3v) is 3.47. The van der Waals surface area contributed by atoms with E-state index in [9.17, 15) is 22.4 Å². The summed E-state index contributed by atoms with van der Waals surface area (Å²) >= 11 is 3.20. The van der Waals surface area contributed by atoms with Crippen molar-refractivity contribution in [3.63, 3.8) is 0 Å². The molecule has 0 saturated carbocycles. The third-order valence-electron chi connectivity index (χ3n) is 2.98. The molecule has 2 aromatic carbocycles. The zero-order chi connectivity index (χ0) is 15.8. The quantitative estimate of drug-likeness (QED) is 0.534. The molecule has 0 N–H and O–H groups in total. The van der Waals surface area contributed by atoms with E-state index >= 15 is 0 Å². The predicted octanol–water partition coefficient (Wildman–Crippen LogP) is 5.15. The van der Waals surface area contributed by atoms with Crippen LogP contribution in [0.1, 0.15) is 27.0 Å². The summed E-state index contributed by atoms with van der Waals surface area (Å²) in [5.41, 5.74) is -0.754. The molecule has 0 heterocycles. The van der Waals surface area contributed by atoms with Gasteiger partial charge in [-0.1, -0.05) is 22.0 Å². The number of benzene rings is 2. The van der Waals surface area contributed by atoms with Crippen molar-refractivity contribution in [2.24, 2.45) is 0 Å². The fourth-order valence-corrected chi connectivity index (χ4v) is 2.24. The minimum Gasteiger partial charge on any atom is -0.289 e. The maximum absolute atomic E-state index is 13.2. The molecule has 2 aromatic rings. The molecule has 0 fully saturated rings. The summed E-state index contributed by atoms with van der Waals surface area (Å²) < 4.78 is 51.9. The number of hydrogen-bond acceptors (Lipinski definition) is 1. The van der Waals surface area contributed by atoms with Crippen LogP contribution in [-0.4, -0.2) is 5.78 Å². The molecule has 0 saturated heterocycles. The summed E-state index contributed by atoms with van der Waals surface area (Å²) in [4.78, 5) is 12.3. The Balaban J connectivity index is 2.52. The fraction of sp³-hybridized carbons (Fsp3) is 0.133. The van der Waals surface area contributed by atoms with E-state index < -0.39 is 23.3 Å². The first-order chi connectivity index (χ1) is 9.70. The number of carbonyl (C=O) groups excluding carboxylic acids is 1. The van der Waals surface area contributed by atoms with Crippen LogP contribution in [-0.2, 0) is 6.18 Å². The number of ketones is 1. The van der Waals surface area contributed by atoms with Gasteiger partial charge in [0.15, 0.2) is 5.78 Å². The minimum atomic E-state index is -4.84. The Morgan fingerprint density at radius 1 is 1.10 bits per heavy atom.